The molecule has 0 aromatic heterocycles. The van der Waals surface area contributed by atoms with E-state index in [9.17, 15) is 13.2 Å². The molecule has 1 N–H and O–H groups in total. The minimum absolute atomic E-state index is 0.00313. The molecule has 0 saturated carbocycles. The van der Waals surface area contributed by atoms with E-state index in [0.717, 1.165) is 5.56 Å². The molecule has 1 fully saturated rings. The number of carbonyl (C=O) groups is 1. The number of carbonyl (C=O) groups excluding carboxylic acids is 1. The Morgan fingerprint density at radius 2 is 1.88 bits per heavy atom. The highest BCUT2D eigenvalue weighted by Gasteiger charge is 2.35. The van der Waals surface area contributed by atoms with Crippen molar-refractivity contribution in [1.82, 2.24) is 0 Å². The maximum atomic E-state index is 12.8. The van der Waals surface area contributed by atoms with Gasteiger partial charge in [0.05, 0.1) is 17.5 Å². The number of aryl methyl sites for hydroxylation is 1. The maximum Gasteiger partial charge on any atom is 0.326 e. The van der Waals surface area contributed by atoms with Crippen LogP contribution in [0.15, 0.2) is 54.6 Å². The molecule has 1 heterocycles. The van der Waals surface area contributed by atoms with Gasteiger partial charge in [-0.25, -0.2) is 13.2 Å². The van der Waals surface area contributed by atoms with E-state index in [1.807, 2.05) is 49.4 Å². The molecule has 1 aliphatic heterocycles. The lowest BCUT2D eigenvalue weighted by Gasteiger charge is -2.28. The van der Waals surface area contributed by atoms with E-state index in [1.54, 1.807) is 17.0 Å². The molecule has 0 unspecified atom stereocenters. The van der Waals surface area contributed by atoms with E-state index in [1.165, 1.54) is 0 Å². The van der Waals surface area contributed by atoms with Crippen molar-refractivity contribution in [2.45, 2.75) is 19.4 Å². The quantitative estimate of drug-likeness (QED) is 0.930. The van der Waals surface area contributed by atoms with Gasteiger partial charge in [-0.3, -0.25) is 4.90 Å². The van der Waals surface area contributed by atoms with Crippen molar-refractivity contribution >= 4 is 27.2 Å². The minimum Gasteiger partial charge on any atom is -0.308 e. The number of hydrogen-bond acceptors (Lipinski definition) is 3. The van der Waals surface area contributed by atoms with E-state index in [2.05, 4.69) is 5.32 Å². The van der Waals surface area contributed by atoms with Crippen molar-refractivity contribution in [2.24, 2.45) is 0 Å². The van der Waals surface area contributed by atoms with Gasteiger partial charge in [0.1, 0.15) is 0 Å². The molecular formula is C18H20N2O3S. The van der Waals surface area contributed by atoms with Crippen LogP contribution in [-0.4, -0.2) is 32.0 Å². The number of nitrogens with one attached hydrogen (secondary N) is 1. The Labute approximate surface area is 142 Å². The molecule has 2 aromatic rings. The van der Waals surface area contributed by atoms with E-state index in [-0.39, 0.29) is 23.6 Å². The Morgan fingerprint density at radius 1 is 1.12 bits per heavy atom. The Hall–Kier alpha value is -2.34. The number of para-hydroxylation sites is 1. The number of rotatable bonds is 3. The second-order valence-electron chi connectivity index (χ2n) is 6.06. The number of anilines is 2. The molecule has 6 heteroatoms. The first-order chi connectivity index (χ1) is 11.4. The van der Waals surface area contributed by atoms with Crippen molar-refractivity contribution in [1.29, 1.82) is 0 Å². The first-order valence-corrected chi connectivity index (χ1v) is 9.69. The summed E-state index contributed by atoms with van der Waals surface area (Å²) >= 11 is 0. The molecule has 0 spiro atoms. The number of sulfone groups is 1. The standard InChI is InChI=1S/C18H20N2O3S/c1-14-6-5-9-16(12-14)20(17-10-11-24(22,23)13-17)18(21)19-15-7-3-2-4-8-15/h2-9,12,17H,10-11,13H2,1H3,(H,19,21)/t17-/m0/s1. The van der Waals surface area contributed by atoms with Gasteiger partial charge >= 0.3 is 6.03 Å². The zero-order valence-electron chi connectivity index (χ0n) is 13.5. The molecule has 5 nitrogen and oxygen atoms in total. The third-order valence-electron chi connectivity index (χ3n) is 4.10. The van der Waals surface area contributed by atoms with Gasteiger partial charge in [-0.1, -0.05) is 30.3 Å². The first kappa shape index (κ1) is 16.5. The van der Waals surface area contributed by atoms with Gasteiger partial charge in [0, 0.05) is 11.4 Å². The van der Waals surface area contributed by atoms with Gasteiger partial charge in [0.25, 0.3) is 0 Å². The number of nitrogens with zero attached hydrogens (tertiary/aromatic N) is 1. The van der Waals surface area contributed by atoms with E-state index in [0.29, 0.717) is 17.8 Å². The second-order valence-corrected chi connectivity index (χ2v) is 8.29. The van der Waals surface area contributed by atoms with E-state index >= 15 is 0 Å². The van der Waals surface area contributed by atoms with Crippen molar-refractivity contribution in [2.75, 3.05) is 21.7 Å². The van der Waals surface area contributed by atoms with Gasteiger partial charge in [0.15, 0.2) is 9.84 Å². The van der Waals surface area contributed by atoms with Gasteiger partial charge in [0.2, 0.25) is 0 Å². The van der Waals surface area contributed by atoms with Gasteiger partial charge in [-0.05, 0) is 43.2 Å². The summed E-state index contributed by atoms with van der Waals surface area (Å²) in [6, 6.07) is 16.1. The average molecular weight is 344 g/mol. The summed E-state index contributed by atoms with van der Waals surface area (Å²) in [6.45, 7) is 1.95. The Balaban J connectivity index is 1.91. The van der Waals surface area contributed by atoms with Crippen LogP contribution in [0.5, 0.6) is 0 Å². The molecule has 1 saturated heterocycles. The van der Waals surface area contributed by atoms with E-state index in [4.69, 9.17) is 0 Å². The summed E-state index contributed by atoms with van der Waals surface area (Å²) in [4.78, 5) is 14.4. The Kier molecular flexibility index (Phi) is 4.57. The summed E-state index contributed by atoms with van der Waals surface area (Å²) in [5.41, 5.74) is 2.41. The van der Waals surface area contributed by atoms with Gasteiger partial charge < -0.3 is 5.32 Å². The lowest BCUT2D eigenvalue weighted by atomic mass is 10.1. The molecule has 0 radical (unpaired) electrons. The topological polar surface area (TPSA) is 66.5 Å². The zero-order chi connectivity index (χ0) is 17.2. The Bertz CT molecular complexity index is 834. The van der Waals surface area contributed by atoms with Crippen LogP contribution in [0.3, 0.4) is 0 Å². The molecule has 126 valence electrons. The molecule has 1 aliphatic rings. The molecule has 2 amide bonds. The first-order valence-electron chi connectivity index (χ1n) is 7.87. The maximum absolute atomic E-state index is 12.8. The van der Waals surface area contributed by atoms with Crippen LogP contribution in [0.4, 0.5) is 16.2 Å². The summed E-state index contributed by atoms with van der Waals surface area (Å²) in [7, 11) is -3.09. The van der Waals surface area contributed by atoms with E-state index < -0.39 is 9.84 Å². The summed E-state index contributed by atoms with van der Waals surface area (Å²) in [5.74, 6) is 0.127. The zero-order valence-corrected chi connectivity index (χ0v) is 14.3. The predicted octanol–water partition coefficient (Wildman–Crippen LogP) is 3.22. The average Bonchev–Trinajstić information content (AvgIpc) is 2.88. The molecule has 0 aliphatic carbocycles. The van der Waals surface area contributed by atoms with Crippen molar-refractivity contribution in [3.63, 3.8) is 0 Å². The highest BCUT2D eigenvalue weighted by atomic mass is 32.2. The van der Waals surface area contributed by atoms with Crippen molar-refractivity contribution in [3.8, 4) is 0 Å². The largest absolute Gasteiger partial charge is 0.326 e. The fourth-order valence-electron chi connectivity index (χ4n) is 2.96. The lowest BCUT2D eigenvalue weighted by Crippen LogP contribution is -2.44. The van der Waals surface area contributed by atoms with Crippen LogP contribution in [0.25, 0.3) is 0 Å². The Morgan fingerprint density at radius 3 is 2.50 bits per heavy atom. The summed E-state index contributed by atoms with van der Waals surface area (Å²) in [6.07, 6.45) is 0.457. The molecule has 24 heavy (non-hydrogen) atoms. The van der Waals surface area contributed by atoms with Gasteiger partial charge in [-0.15, -0.1) is 0 Å². The highest BCUT2D eigenvalue weighted by molar-refractivity contribution is 7.91. The van der Waals surface area contributed by atoms with Crippen LogP contribution in [0.1, 0.15) is 12.0 Å². The molecule has 2 aromatic carbocycles. The smallest absolute Gasteiger partial charge is 0.308 e. The molecule has 3 rings (SSSR count). The third kappa shape index (κ3) is 3.76. The van der Waals surface area contributed by atoms with Gasteiger partial charge in [-0.2, -0.15) is 0 Å². The number of amides is 2. The molecular weight excluding hydrogens is 324 g/mol. The van der Waals surface area contributed by atoms with Crippen molar-refractivity contribution in [3.05, 3.63) is 60.2 Å². The summed E-state index contributed by atoms with van der Waals surface area (Å²) in [5, 5.41) is 2.86. The van der Waals surface area contributed by atoms with Crippen molar-refractivity contribution < 1.29 is 13.2 Å². The monoisotopic (exact) mass is 344 g/mol. The fourth-order valence-corrected chi connectivity index (χ4v) is 4.66. The highest BCUT2D eigenvalue weighted by Crippen LogP contribution is 2.26. The number of urea groups is 1. The third-order valence-corrected chi connectivity index (χ3v) is 5.85. The van der Waals surface area contributed by atoms with Crippen LogP contribution in [-0.2, 0) is 9.84 Å². The number of benzene rings is 2. The predicted molar refractivity (Wildman–Crippen MR) is 96.2 cm³/mol. The second kappa shape index (κ2) is 6.65. The van der Waals surface area contributed by atoms with Crippen LogP contribution < -0.4 is 10.2 Å². The van der Waals surface area contributed by atoms with Crippen LogP contribution >= 0.6 is 0 Å². The SMILES string of the molecule is Cc1cccc(N(C(=O)Nc2ccccc2)[C@H]2CCS(=O)(=O)C2)c1. The molecule has 1 atom stereocenters. The summed E-state index contributed by atoms with van der Waals surface area (Å²) < 4.78 is 23.7. The lowest BCUT2D eigenvalue weighted by molar-refractivity contribution is 0.255. The fraction of sp³-hybridized carbons (Fsp3) is 0.278. The number of hydrogen-bond donors (Lipinski definition) is 1. The normalized spacial score (nSPS) is 19.0. The molecule has 0 bridgehead atoms. The minimum atomic E-state index is -3.09. The van der Waals surface area contributed by atoms with Crippen LogP contribution in [0.2, 0.25) is 0 Å². The van der Waals surface area contributed by atoms with Crippen LogP contribution in [0, 0.1) is 6.92 Å².